The lowest BCUT2D eigenvalue weighted by Gasteiger charge is -2.26. The molecule has 0 aromatic heterocycles. The molecule has 116 valence electrons. The molecule has 0 aliphatic carbocycles. The number of rotatable bonds is 6. The molecule has 6 heteroatoms. The first-order valence-corrected chi connectivity index (χ1v) is 7.95. The van der Waals surface area contributed by atoms with E-state index in [1.165, 1.54) is 0 Å². The molecule has 1 unspecified atom stereocenters. The van der Waals surface area contributed by atoms with Crippen molar-refractivity contribution in [2.24, 2.45) is 0 Å². The van der Waals surface area contributed by atoms with Gasteiger partial charge >= 0.3 is 0 Å². The number of aliphatic hydroxyl groups excluding tert-OH is 1. The van der Waals surface area contributed by atoms with Crippen LogP contribution in [0.15, 0.2) is 16.6 Å². The average molecular weight is 356 g/mol. The second-order valence-electron chi connectivity index (χ2n) is 5.52. The van der Waals surface area contributed by atoms with Crippen LogP contribution in [-0.2, 0) is 4.79 Å². The Morgan fingerprint density at radius 2 is 2.05 bits per heavy atom. The molecular formula is C15H22BrN3O2. The highest BCUT2D eigenvalue weighted by atomic mass is 79.9. The highest BCUT2D eigenvalue weighted by Crippen LogP contribution is 2.39. The lowest BCUT2D eigenvalue weighted by atomic mass is 10.1. The van der Waals surface area contributed by atoms with Gasteiger partial charge < -0.3 is 20.2 Å². The smallest absolute Gasteiger partial charge is 0.257 e. The maximum atomic E-state index is 11.5. The largest absolute Gasteiger partial charge is 0.378 e. The number of carbonyl (C=O) groups excluding carboxylic acids is 1. The number of nitrogens with one attached hydrogen (secondary N) is 1. The zero-order valence-electron chi connectivity index (χ0n) is 12.7. The predicted octanol–water partition coefficient (Wildman–Crippen LogP) is 2.21. The molecule has 21 heavy (non-hydrogen) atoms. The molecular weight excluding hydrogens is 334 g/mol. The Kier molecular flexibility index (Phi) is 5.24. The van der Waals surface area contributed by atoms with Gasteiger partial charge in [0, 0.05) is 28.8 Å². The van der Waals surface area contributed by atoms with Crippen LogP contribution >= 0.6 is 15.9 Å². The first-order chi connectivity index (χ1) is 9.93. The number of benzene rings is 1. The summed E-state index contributed by atoms with van der Waals surface area (Å²) in [6.07, 6.45) is 0.00784. The molecule has 0 radical (unpaired) electrons. The van der Waals surface area contributed by atoms with Crippen LogP contribution in [0.5, 0.6) is 0 Å². The number of hydrogen-bond acceptors (Lipinski definition) is 4. The van der Waals surface area contributed by atoms with Crippen LogP contribution in [0.4, 0.5) is 11.4 Å². The summed E-state index contributed by atoms with van der Waals surface area (Å²) in [4.78, 5) is 16.0. The zero-order valence-corrected chi connectivity index (χ0v) is 14.3. The quantitative estimate of drug-likeness (QED) is 0.821. The molecule has 1 heterocycles. The number of anilines is 2. The number of hydrogen-bond donors (Lipinski definition) is 2. The van der Waals surface area contributed by atoms with E-state index in [4.69, 9.17) is 0 Å². The summed E-state index contributed by atoms with van der Waals surface area (Å²) >= 11 is 3.56. The summed E-state index contributed by atoms with van der Waals surface area (Å²) in [6.45, 7) is 4.99. The molecule has 1 atom stereocenters. The topological polar surface area (TPSA) is 55.8 Å². The third-order valence-corrected chi connectivity index (χ3v) is 4.31. The van der Waals surface area contributed by atoms with Gasteiger partial charge in [0.05, 0.1) is 5.69 Å². The van der Waals surface area contributed by atoms with Gasteiger partial charge in [0.15, 0.2) is 6.10 Å². The van der Waals surface area contributed by atoms with Gasteiger partial charge in [-0.2, -0.15) is 0 Å². The minimum Gasteiger partial charge on any atom is -0.378 e. The number of nitrogens with zero attached hydrogens (tertiary/aromatic N) is 2. The summed E-state index contributed by atoms with van der Waals surface area (Å²) in [5.41, 5.74) is 2.39. The maximum absolute atomic E-state index is 11.5. The van der Waals surface area contributed by atoms with Crippen LogP contribution in [0.1, 0.15) is 25.0 Å². The molecule has 1 amide bonds. The fraction of sp³-hybridized carbons (Fsp3) is 0.533. The van der Waals surface area contributed by atoms with Gasteiger partial charge in [0.1, 0.15) is 0 Å². The van der Waals surface area contributed by atoms with E-state index < -0.39 is 6.10 Å². The van der Waals surface area contributed by atoms with E-state index >= 15 is 0 Å². The fourth-order valence-corrected chi connectivity index (χ4v) is 3.13. The molecule has 0 saturated carbocycles. The fourth-order valence-electron chi connectivity index (χ4n) is 2.52. The number of aliphatic hydroxyl groups is 1. The Labute approximate surface area is 134 Å². The number of carbonyl (C=O) groups is 1. The van der Waals surface area contributed by atoms with Gasteiger partial charge in [-0.05, 0) is 62.0 Å². The van der Waals surface area contributed by atoms with E-state index in [0.29, 0.717) is 11.3 Å². The predicted molar refractivity (Wildman–Crippen MR) is 88.8 cm³/mol. The average Bonchev–Trinajstić information content (AvgIpc) is 2.70. The Morgan fingerprint density at radius 3 is 2.67 bits per heavy atom. The van der Waals surface area contributed by atoms with Crippen molar-refractivity contribution in [1.82, 2.24) is 4.90 Å². The van der Waals surface area contributed by atoms with Crippen LogP contribution < -0.4 is 10.2 Å². The van der Waals surface area contributed by atoms with Gasteiger partial charge in [-0.3, -0.25) is 4.79 Å². The number of halogens is 1. The van der Waals surface area contributed by atoms with Crippen molar-refractivity contribution in [2.75, 3.05) is 43.9 Å². The van der Waals surface area contributed by atoms with Crippen LogP contribution in [-0.4, -0.2) is 49.6 Å². The van der Waals surface area contributed by atoms with Crippen LogP contribution in [0.3, 0.4) is 0 Å². The summed E-state index contributed by atoms with van der Waals surface area (Å²) in [7, 11) is 4.14. The van der Waals surface area contributed by atoms with E-state index in [0.717, 1.165) is 36.2 Å². The van der Waals surface area contributed by atoms with E-state index in [9.17, 15) is 9.90 Å². The van der Waals surface area contributed by atoms with Gasteiger partial charge in [-0.1, -0.05) is 0 Å². The van der Waals surface area contributed by atoms with Crippen LogP contribution in [0, 0.1) is 0 Å². The van der Waals surface area contributed by atoms with Crippen molar-refractivity contribution in [3.8, 4) is 0 Å². The zero-order chi connectivity index (χ0) is 15.6. The lowest BCUT2D eigenvalue weighted by Crippen LogP contribution is -2.27. The standard InChI is InChI=1S/C15H22BrN3O2/c1-4-19(7-5-6-18(2)3)13-9-12-10(8-11(13)16)14(20)15(21)17-12/h8-9,14,20H,4-7H2,1-3H3,(H,17,21). The van der Waals surface area contributed by atoms with E-state index in [-0.39, 0.29) is 5.91 Å². The molecule has 1 aliphatic heterocycles. The Bertz CT molecular complexity index is 534. The monoisotopic (exact) mass is 355 g/mol. The normalized spacial score (nSPS) is 17.0. The molecule has 2 N–H and O–H groups in total. The third-order valence-electron chi connectivity index (χ3n) is 3.68. The van der Waals surface area contributed by atoms with Gasteiger partial charge in [0.2, 0.25) is 0 Å². The molecule has 0 spiro atoms. The number of fused-ring (bicyclic) bond motifs is 1. The summed E-state index contributed by atoms with van der Waals surface area (Å²) in [5.74, 6) is -0.357. The minimum absolute atomic E-state index is 0.357. The van der Waals surface area contributed by atoms with Crippen molar-refractivity contribution in [1.29, 1.82) is 0 Å². The second kappa shape index (κ2) is 6.77. The van der Waals surface area contributed by atoms with Gasteiger partial charge in [-0.15, -0.1) is 0 Å². The first kappa shape index (κ1) is 16.3. The third kappa shape index (κ3) is 3.56. The molecule has 0 fully saturated rings. The summed E-state index contributed by atoms with van der Waals surface area (Å²) in [6, 6.07) is 3.77. The molecule has 2 rings (SSSR count). The van der Waals surface area contributed by atoms with E-state index in [1.807, 2.05) is 12.1 Å². The highest BCUT2D eigenvalue weighted by molar-refractivity contribution is 9.10. The molecule has 0 saturated heterocycles. The highest BCUT2D eigenvalue weighted by Gasteiger charge is 2.30. The molecule has 1 aromatic carbocycles. The van der Waals surface area contributed by atoms with Gasteiger partial charge in [-0.25, -0.2) is 0 Å². The van der Waals surface area contributed by atoms with Crippen LogP contribution in [0.2, 0.25) is 0 Å². The Morgan fingerprint density at radius 1 is 1.33 bits per heavy atom. The summed E-state index contributed by atoms with van der Waals surface area (Å²) < 4.78 is 0.906. The molecule has 1 aliphatic rings. The molecule has 5 nitrogen and oxygen atoms in total. The Balaban J connectivity index is 2.19. The Hall–Kier alpha value is -1.11. The van der Waals surface area contributed by atoms with Gasteiger partial charge in [0.25, 0.3) is 5.91 Å². The van der Waals surface area contributed by atoms with Crippen molar-refractivity contribution in [3.63, 3.8) is 0 Å². The first-order valence-electron chi connectivity index (χ1n) is 7.16. The number of amides is 1. The van der Waals surface area contributed by atoms with Crippen molar-refractivity contribution in [3.05, 3.63) is 22.2 Å². The van der Waals surface area contributed by atoms with E-state index in [1.54, 1.807) is 0 Å². The van der Waals surface area contributed by atoms with Crippen molar-refractivity contribution >= 4 is 33.2 Å². The van der Waals surface area contributed by atoms with E-state index in [2.05, 4.69) is 52.1 Å². The second-order valence-corrected chi connectivity index (χ2v) is 6.37. The van der Waals surface area contributed by atoms with Crippen molar-refractivity contribution in [2.45, 2.75) is 19.4 Å². The van der Waals surface area contributed by atoms with Crippen molar-refractivity contribution < 1.29 is 9.90 Å². The molecule has 1 aromatic rings. The molecule has 0 bridgehead atoms. The summed E-state index contributed by atoms with van der Waals surface area (Å²) in [5, 5.41) is 12.5. The lowest BCUT2D eigenvalue weighted by molar-refractivity contribution is -0.123. The van der Waals surface area contributed by atoms with Crippen LogP contribution in [0.25, 0.3) is 0 Å². The minimum atomic E-state index is -1.06. The SMILES string of the molecule is CCN(CCCN(C)C)c1cc2c(cc1Br)C(O)C(=O)N2. The maximum Gasteiger partial charge on any atom is 0.257 e.